The molecule has 0 saturated carbocycles. The van der Waals surface area contributed by atoms with E-state index in [0.717, 1.165) is 0 Å². The summed E-state index contributed by atoms with van der Waals surface area (Å²) in [6.45, 7) is 1.46. The molecule has 0 aliphatic carbocycles. The minimum atomic E-state index is -0.647. The van der Waals surface area contributed by atoms with Crippen LogP contribution in [0.3, 0.4) is 0 Å². The smallest absolute Gasteiger partial charge is 0.254 e. The van der Waals surface area contributed by atoms with Gasteiger partial charge in [-0.15, -0.1) is 0 Å². The van der Waals surface area contributed by atoms with Gasteiger partial charge in [-0.05, 0) is 30.3 Å². The number of benzene rings is 2. The number of aryl methyl sites for hydroxylation is 1. The normalized spacial score (nSPS) is 10.6. The molecule has 122 valence electrons. The van der Waals surface area contributed by atoms with Gasteiger partial charge in [0.1, 0.15) is 11.3 Å². The number of hydrogen-bond acceptors (Lipinski definition) is 4. The third-order valence-corrected chi connectivity index (χ3v) is 3.31. The van der Waals surface area contributed by atoms with Gasteiger partial charge in [0, 0.05) is 12.6 Å². The van der Waals surface area contributed by atoms with Crippen LogP contribution in [0.15, 0.2) is 46.9 Å². The average molecular weight is 327 g/mol. The van der Waals surface area contributed by atoms with Crippen LogP contribution in [0, 0.1) is 12.7 Å². The maximum Gasteiger partial charge on any atom is 0.254 e. The fourth-order valence-corrected chi connectivity index (χ4v) is 2.23. The number of carbonyl (C=O) groups excluding carboxylic acids is 2. The van der Waals surface area contributed by atoms with Gasteiger partial charge >= 0.3 is 0 Å². The van der Waals surface area contributed by atoms with Gasteiger partial charge in [0.25, 0.3) is 5.91 Å². The van der Waals surface area contributed by atoms with Crippen LogP contribution in [0.2, 0.25) is 0 Å². The first kappa shape index (κ1) is 15.7. The topological polar surface area (TPSA) is 84.2 Å². The number of oxazole rings is 1. The quantitative estimate of drug-likeness (QED) is 0.771. The van der Waals surface area contributed by atoms with Crippen molar-refractivity contribution in [2.75, 3.05) is 11.9 Å². The van der Waals surface area contributed by atoms with Gasteiger partial charge < -0.3 is 15.1 Å². The zero-order chi connectivity index (χ0) is 17.1. The van der Waals surface area contributed by atoms with Gasteiger partial charge in [-0.1, -0.05) is 12.1 Å². The number of nitrogens with one attached hydrogen (secondary N) is 2. The van der Waals surface area contributed by atoms with Crippen LogP contribution in [0.4, 0.5) is 10.1 Å². The summed E-state index contributed by atoms with van der Waals surface area (Å²) in [5.41, 5.74) is 1.67. The van der Waals surface area contributed by atoms with Crippen molar-refractivity contribution < 1.29 is 18.4 Å². The molecule has 0 bridgehead atoms. The second-order valence-electron chi connectivity index (χ2n) is 5.13. The minimum Gasteiger partial charge on any atom is -0.441 e. The van der Waals surface area contributed by atoms with E-state index in [4.69, 9.17) is 4.42 Å². The van der Waals surface area contributed by atoms with Crippen molar-refractivity contribution in [1.82, 2.24) is 10.3 Å². The highest BCUT2D eigenvalue weighted by atomic mass is 19.1. The van der Waals surface area contributed by atoms with E-state index in [1.54, 1.807) is 31.2 Å². The monoisotopic (exact) mass is 327 g/mol. The summed E-state index contributed by atoms with van der Waals surface area (Å²) in [6.07, 6.45) is 0. The Labute approximate surface area is 136 Å². The lowest BCUT2D eigenvalue weighted by molar-refractivity contribution is -0.115. The maximum absolute atomic E-state index is 13.5. The predicted molar refractivity (Wildman–Crippen MR) is 86.1 cm³/mol. The van der Waals surface area contributed by atoms with E-state index in [1.165, 1.54) is 18.2 Å². The fraction of sp³-hybridized carbons (Fsp3) is 0.118. The number of rotatable bonds is 4. The standard InChI is InChI=1S/C17H14FN3O3/c1-10-20-14-8-11(6-7-15(14)24-10)21-16(22)9-19-17(23)12-4-2-3-5-13(12)18/h2-8H,9H2,1H3,(H,19,23)(H,21,22). The molecule has 6 nitrogen and oxygen atoms in total. The zero-order valence-corrected chi connectivity index (χ0v) is 12.8. The molecule has 24 heavy (non-hydrogen) atoms. The van der Waals surface area contributed by atoms with Crippen LogP contribution < -0.4 is 10.6 Å². The molecule has 0 unspecified atom stereocenters. The van der Waals surface area contributed by atoms with Crippen LogP contribution >= 0.6 is 0 Å². The summed E-state index contributed by atoms with van der Waals surface area (Å²) in [6, 6.07) is 10.6. The van der Waals surface area contributed by atoms with Crippen molar-refractivity contribution >= 4 is 28.6 Å². The van der Waals surface area contributed by atoms with E-state index in [2.05, 4.69) is 15.6 Å². The third-order valence-electron chi connectivity index (χ3n) is 3.31. The molecular weight excluding hydrogens is 313 g/mol. The van der Waals surface area contributed by atoms with Crippen LogP contribution in [-0.4, -0.2) is 23.3 Å². The Balaban J connectivity index is 1.60. The lowest BCUT2D eigenvalue weighted by Gasteiger charge is -2.07. The molecule has 0 atom stereocenters. The first-order valence-electron chi connectivity index (χ1n) is 7.23. The zero-order valence-electron chi connectivity index (χ0n) is 12.8. The number of aromatic nitrogens is 1. The molecule has 2 N–H and O–H groups in total. The van der Waals surface area contributed by atoms with E-state index in [9.17, 15) is 14.0 Å². The fourth-order valence-electron chi connectivity index (χ4n) is 2.23. The second-order valence-corrected chi connectivity index (χ2v) is 5.13. The van der Waals surface area contributed by atoms with Crippen LogP contribution in [0.5, 0.6) is 0 Å². The number of hydrogen-bond donors (Lipinski definition) is 2. The number of nitrogens with zero attached hydrogens (tertiary/aromatic N) is 1. The Hall–Kier alpha value is -3.22. The van der Waals surface area contributed by atoms with Crippen molar-refractivity contribution in [2.24, 2.45) is 0 Å². The third kappa shape index (κ3) is 3.40. The lowest BCUT2D eigenvalue weighted by Crippen LogP contribution is -2.33. The second kappa shape index (κ2) is 6.49. The van der Waals surface area contributed by atoms with Crippen LogP contribution in [-0.2, 0) is 4.79 Å². The van der Waals surface area contributed by atoms with Crippen molar-refractivity contribution in [2.45, 2.75) is 6.92 Å². The van der Waals surface area contributed by atoms with E-state index >= 15 is 0 Å². The SMILES string of the molecule is Cc1nc2cc(NC(=O)CNC(=O)c3ccccc3F)ccc2o1. The van der Waals surface area contributed by atoms with Gasteiger partial charge in [0.05, 0.1) is 12.1 Å². The first-order chi connectivity index (χ1) is 11.5. The van der Waals surface area contributed by atoms with Gasteiger partial charge in [-0.3, -0.25) is 9.59 Å². The van der Waals surface area contributed by atoms with Gasteiger partial charge in [0.2, 0.25) is 5.91 Å². The molecule has 1 aromatic heterocycles. The van der Waals surface area contributed by atoms with E-state index in [-0.39, 0.29) is 12.1 Å². The maximum atomic E-state index is 13.5. The molecule has 0 fully saturated rings. The Morgan fingerprint density at radius 2 is 2.00 bits per heavy atom. The van der Waals surface area contributed by atoms with Gasteiger partial charge in [0.15, 0.2) is 11.5 Å². The van der Waals surface area contributed by atoms with Crippen molar-refractivity contribution in [3.8, 4) is 0 Å². The summed E-state index contributed by atoms with van der Waals surface area (Å²) in [5.74, 6) is -1.18. The highest BCUT2D eigenvalue weighted by Crippen LogP contribution is 2.19. The Bertz CT molecular complexity index is 920. The lowest BCUT2D eigenvalue weighted by atomic mass is 10.2. The molecular formula is C17H14FN3O3. The predicted octanol–water partition coefficient (Wildman–Crippen LogP) is 2.64. The molecule has 0 aliphatic heterocycles. The van der Waals surface area contributed by atoms with Crippen LogP contribution in [0.25, 0.3) is 11.1 Å². The average Bonchev–Trinajstić information content (AvgIpc) is 2.92. The number of anilines is 1. The highest BCUT2D eigenvalue weighted by Gasteiger charge is 2.12. The molecule has 3 rings (SSSR count). The molecule has 0 radical (unpaired) electrons. The number of fused-ring (bicyclic) bond motifs is 1. The summed E-state index contributed by atoms with van der Waals surface area (Å²) in [5, 5.41) is 5.01. The molecule has 2 amide bonds. The Morgan fingerprint density at radius 1 is 1.21 bits per heavy atom. The van der Waals surface area contributed by atoms with E-state index in [1.807, 2.05) is 0 Å². The number of carbonyl (C=O) groups is 2. The number of halogens is 1. The summed E-state index contributed by atoms with van der Waals surface area (Å²) in [7, 11) is 0. The van der Waals surface area contributed by atoms with Crippen LogP contribution in [0.1, 0.15) is 16.2 Å². The highest BCUT2D eigenvalue weighted by molar-refractivity contribution is 5.99. The molecule has 0 saturated heterocycles. The van der Waals surface area contributed by atoms with E-state index < -0.39 is 17.6 Å². The van der Waals surface area contributed by atoms with Crippen molar-refractivity contribution in [3.63, 3.8) is 0 Å². The summed E-state index contributed by atoms with van der Waals surface area (Å²) < 4.78 is 18.8. The Kier molecular flexibility index (Phi) is 4.24. The molecule has 7 heteroatoms. The first-order valence-corrected chi connectivity index (χ1v) is 7.23. The number of amides is 2. The summed E-state index contributed by atoms with van der Waals surface area (Å²) >= 11 is 0. The molecule has 3 aromatic rings. The van der Waals surface area contributed by atoms with Crippen molar-refractivity contribution in [3.05, 3.63) is 59.7 Å². The van der Waals surface area contributed by atoms with Crippen molar-refractivity contribution in [1.29, 1.82) is 0 Å². The molecule has 1 heterocycles. The minimum absolute atomic E-state index is 0.107. The van der Waals surface area contributed by atoms with E-state index in [0.29, 0.717) is 22.7 Å². The molecule has 0 spiro atoms. The van der Waals surface area contributed by atoms with Gasteiger partial charge in [-0.2, -0.15) is 0 Å². The van der Waals surface area contributed by atoms with Gasteiger partial charge in [-0.25, -0.2) is 9.37 Å². The Morgan fingerprint density at radius 3 is 2.79 bits per heavy atom. The largest absolute Gasteiger partial charge is 0.441 e. The summed E-state index contributed by atoms with van der Waals surface area (Å²) in [4.78, 5) is 27.9. The molecule has 0 aliphatic rings. The molecule has 2 aromatic carbocycles.